The van der Waals surface area contributed by atoms with Crippen molar-refractivity contribution < 1.29 is 63.7 Å². The highest BCUT2D eigenvalue weighted by Crippen LogP contribution is 2.55. The average Bonchev–Trinajstić information content (AvgIpc) is 3.49. The number of aliphatic hydroxyl groups excluding tert-OH is 2. The fourth-order valence-electron chi connectivity index (χ4n) is 7.62. The summed E-state index contributed by atoms with van der Waals surface area (Å²) in [6.07, 6.45) is 6.93. The lowest BCUT2D eigenvalue weighted by Gasteiger charge is -2.38. The highest BCUT2D eigenvalue weighted by atomic mass is 79.9. The molecule has 0 fully saturated rings. The van der Waals surface area contributed by atoms with Gasteiger partial charge in [-0.1, -0.05) is 82.9 Å². The number of Topliss-reactive ketones (excluding diaryl/α,β-unsaturated/α-hetero) is 1. The summed E-state index contributed by atoms with van der Waals surface area (Å²) in [5, 5.41) is 65.0. The van der Waals surface area contributed by atoms with E-state index in [0.29, 0.717) is 11.2 Å². The fraction of sp³-hybridized carbons (Fsp3) is 0.545. The third-order valence-corrected chi connectivity index (χ3v) is 13.9. The zero-order valence-electron chi connectivity index (χ0n) is 35.9. The van der Waals surface area contributed by atoms with Gasteiger partial charge in [0, 0.05) is 71.3 Å². The molecule has 5 bridgehead atoms. The minimum Gasteiger partial charge on any atom is -0.507 e. The van der Waals surface area contributed by atoms with Gasteiger partial charge in [-0.25, -0.2) is 0 Å². The monoisotopic (exact) mass is 980 g/mol. The van der Waals surface area contributed by atoms with Crippen molar-refractivity contribution >= 4 is 72.2 Å². The molecule has 3 aliphatic heterocycles. The zero-order valence-corrected chi connectivity index (χ0v) is 39.1. The number of allylic oxidation sites excluding steroid dienone is 2. The van der Waals surface area contributed by atoms with Crippen LogP contribution in [0.25, 0.3) is 10.8 Å². The van der Waals surface area contributed by atoms with Gasteiger partial charge in [0.2, 0.25) is 0 Å². The lowest BCUT2D eigenvalue weighted by Crippen LogP contribution is -2.46. The summed E-state index contributed by atoms with van der Waals surface area (Å²) in [5.41, 5.74) is -0.600. The fourth-order valence-corrected chi connectivity index (χ4v) is 8.27. The zero-order chi connectivity index (χ0) is 45.5. The predicted molar refractivity (Wildman–Crippen MR) is 238 cm³/mol. The van der Waals surface area contributed by atoms with Crippen molar-refractivity contribution in [1.29, 1.82) is 0 Å². The number of oxime groups is 1. The van der Waals surface area contributed by atoms with E-state index in [9.17, 15) is 39.9 Å². The molecule has 0 aromatic heterocycles. The maximum Gasteiger partial charge on any atom is 0.312 e. The molecule has 0 saturated carbocycles. The summed E-state index contributed by atoms with van der Waals surface area (Å²) in [4.78, 5) is 46.2. The van der Waals surface area contributed by atoms with E-state index < -0.39 is 88.8 Å². The van der Waals surface area contributed by atoms with Crippen molar-refractivity contribution in [3.8, 4) is 23.0 Å². The van der Waals surface area contributed by atoms with Gasteiger partial charge in [0.1, 0.15) is 30.0 Å². The molecule has 0 saturated heterocycles. The normalized spacial score (nSPS) is 30.0. The van der Waals surface area contributed by atoms with E-state index in [2.05, 4.69) is 42.3 Å². The standard InChI is InChI=1S/C44H58Br2N2O13/c1-21-13-12-14-22(2)43(56)48-34-29(20-47-59-17-11-10-15-28(46)19-45)38(53)31-32(39(34)54)37(52)26(6)41-33(31)42(55)44(8,61-41)58-18-16-30(57-9)23(3)40(60-27(7)49)25(5)36(51)24(4)35(21)50/h12-14,16,18,20-21,23-25,28,30,35-36,40,50-54H,10-11,15,17,19H2,1-9H3,(H,48,56)/b13-12-,18-16-,22-14-,47-20+/t21-,23+,24+,25+,28?,30-,35-,36+,40+,44-/m0/s1. The average molecular weight is 983 g/mol. The lowest BCUT2D eigenvalue weighted by atomic mass is 9.78. The number of fused-ring (bicyclic) bond motifs is 14. The summed E-state index contributed by atoms with van der Waals surface area (Å²) < 4.78 is 23.5. The minimum atomic E-state index is -2.06. The van der Waals surface area contributed by atoms with E-state index in [-0.39, 0.29) is 51.1 Å². The number of unbranched alkanes of at least 4 members (excludes halogenated alkanes) is 1. The van der Waals surface area contributed by atoms with Crippen LogP contribution in [0.3, 0.4) is 0 Å². The van der Waals surface area contributed by atoms with Gasteiger partial charge >= 0.3 is 11.8 Å². The van der Waals surface area contributed by atoms with Gasteiger partial charge in [-0.2, -0.15) is 0 Å². The van der Waals surface area contributed by atoms with Crippen LogP contribution in [0.4, 0.5) is 5.69 Å². The Bertz CT molecular complexity index is 2070. The number of aliphatic hydroxyl groups is 2. The van der Waals surface area contributed by atoms with Crippen molar-refractivity contribution in [2.75, 3.05) is 24.4 Å². The van der Waals surface area contributed by atoms with Crippen molar-refractivity contribution in [1.82, 2.24) is 0 Å². The summed E-state index contributed by atoms with van der Waals surface area (Å²) in [6, 6.07) is 0. The Labute approximate surface area is 373 Å². The van der Waals surface area contributed by atoms with Gasteiger partial charge in [-0.3, -0.25) is 14.4 Å². The SMILES string of the molecule is CO[C@H]1/C=C\O[C@@]2(C)Oc3c(C)c(O)c4c(O)c(c(/C=N/OCCCCC(Br)CBr)c(O)c4c3C2=O)NC(=O)/C(C)=C\C=C/[C@H](C)[C@H](O)[C@@H](C)[C@@H](O)[C@@H](C)[C@H](OC(C)=O)[C@@H]1C. The Morgan fingerprint density at radius 1 is 1.00 bits per heavy atom. The van der Waals surface area contributed by atoms with E-state index in [1.165, 1.54) is 53.2 Å². The topological polar surface area (TPSA) is 223 Å². The number of amides is 1. The number of nitrogens with one attached hydrogen (secondary N) is 1. The first-order chi connectivity index (χ1) is 28.7. The van der Waals surface area contributed by atoms with Gasteiger partial charge in [-0.15, -0.1) is 0 Å². The number of phenolic OH excluding ortho intramolecular Hbond substituents is 3. The second-order valence-electron chi connectivity index (χ2n) is 15.9. The van der Waals surface area contributed by atoms with E-state index in [4.69, 9.17) is 23.8 Å². The molecule has 1 amide bonds. The van der Waals surface area contributed by atoms with E-state index >= 15 is 0 Å². The number of phenols is 3. The minimum absolute atomic E-state index is 0.0342. The molecule has 0 spiro atoms. The van der Waals surface area contributed by atoms with Crippen LogP contribution in [0, 0.1) is 30.6 Å². The van der Waals surface area contributed by atoms with Crippen LogP contribution in [0.5, 0.6) is 23.0 Å². The van der Waals surface area contributed by atoms with Gasteiger partial charge in [-0.05, 0) is 39.2 Å². The number of anilines is 1. The van der Waals surface area contributed by atoms with Crippen molar-refractivity contribution in [2.45, 2.75) is 110 Å². The van der Waals surface area contributed by atoms with Crippen LogP contribution >= 0.6 is 31.9 Å². The Morgan fingerprint density at radius 3 is 2.33 bits per heavy atom. The molecule has 6 N–H and O–H groups in total. The Balaban J connectivity index is 1.91. The van der Waals surface area contributed by atoms with Crippen molar-refractivity contribution in [3.63, 3.8) is 0 Å². The number of ether oxygens (including phenoxy) is 4. The molecular formula is C44H58Br2N2O13. The molecular weight excluding hydrogens is 924 g/mol. The number of aromatic hydroxyl groups is 3. The highest BCUT2D eigenvalue weighted by Gasteiger charge is 2.50. The van der Waals surface area contributed by atoms with Gasteiger partial charge in [0.05, 0.1) is 53.0 Å². The highest BCUT2D eigenvalue weighted by molar-refractivity contribution is 9.12. The summed E-state index contributed by atoms with van der Waals surface area (Å²) in [6.45, 7) is 12.7. The van der Waals surface area contributed by atoms with E-state index in [1.54, 1.807) is 39.8 Å². The number of alkyl halides is 2. The number of benzene rings is 2. The number of carbonyl (C=O) groups excluding carboxylic acids is 3. The predicted octanol–water partition coefficient (Wildman–Crippen LogP) is 7.43. The number of nitrogens with zero attached hydrogens (tertiary/aromatic N) is 1. The molecule has 5 rings (SSSR count). The first-order valence-corrected chi connectivity index (χ1v) is 22.2. The van der Waals surface area contributed by atoms with Crippen LogP contribution in [-0.4, -0.2) is 103 Å². The first-order valence-electron chi connectivity index (χ1n) is 20.1. The molecule has 336 valence electrons. The number of hydrogen-bond donors (Lipinski definition) is 6. The molecule has 17 heteroatoms. The summed E-state index contributed by atoms with van der Waals surface area (Å²) in [7, 11) is 1.43. The molecule has 15 nitrogen and oxygen atoms in total. The Kier molecular flexibility index (Phi) is 17.3. The lowest BCUT2D eigenvalue weighted by molar-refractivity contribution is -0.160. The molecule has 3 heterocycles. The molecule has 0 aliphatic carbocycles. The number of halogens is 2. The van der Waals surface area contributed by atoms with Crippen LogP contribution in [0.2, 0.25) is 0 Å². The van der Waals surface area contributed by atoms with Crippen molar-refractivity contribution in [2.24, 2.45) is 28.8 Å². The van der Waals surface area contributed by atoms with Crippen LogP contribution < -0.4 is 10.1 Å². The first kappa shape index (κ1) is 49.5. The van der Waals surface area contributed by atoms with Gasteiger partial charge < -0.3 is 54.6 Å². The molecule has 2 aromatic rings. The summed E-state index contributed by atoms with van der Waals surface area (Å²) >= 11 is 7.00. The maximum atomic E-state index is 14.4. The van der Waals surface area contributed by atoms with Gasteiger partial charge in [0.15, 0.2) is 5.75 Å². The smallest absolute Gasteiger partial charge is 0.312 e. The van der Waals surface area contributed by atoms with E-state index in [1.807, 2.05) is 0 Å². The molecule has 2 aromatic carbocycles. The second kappa shape index (κ2) is 21.3. The Hall–Kier alpha value is -4.16. The molecule has 10 atom stereocenters. The third-order valence-electron chi connectivity index (χ3n) is 11.5. The second-order valence-corrected chi connectivity index (χ2v) is 17.9. The number of ketones is 1. The molecule has 61 heavy (non-hydrogen) atoms. The number of esters is 1. The molecule has 3 aliphatic rings. The largest absolute Gasteiger partial charge is 0.507 e. The molecule has 0 radical (unpaired) electrons. The number of carbonyl (C=O) groups is 3. The van der Waals surface area contributed by atoms with Gasteiger partial charge in [0.25, 0.3) is 11.7 Å². The quantitative estimate of drug-likeness (QED) is 0.0260. The van der Waals surface area contributed by atoms with Crippen LogP contribution in [-0.2, 0) is 28.6 Å². The van der Waals surface area contributed by atoms with Crippen LogP contribution in [0.15, 0.2) is 41.3 Å². The summed E-state index contributed by atoms with van der Waals surface area (Å²) in [5.74, 6) is -8.64. The number of hydrogen-bond acceptors (Lipinski definition) is 14. The number of rotatable bonds is 10. The van der Waals surface area contributed by atoms with Crippen LogP contribution in [0.1, 0.15) is 89.2 Å². The maximum absolute atomic E-state index is 14.4. The van der Waals surface area contributed by atoms with Crippen molar-refractivity contribution in [3.05, 3.63) is 52.8 Å². The molecule has 1 unspecified atom stereocenters. The number of methoxy groups -OCH3 is 1. The Morgan fingerprint density at radius 2 is 1.69 bits per heavy atom. The van der Waals surface area contributed by atoms with E-state index in [0.717, 1.165) is 24.4 Å². The third kappa shape index (κ3) is 10.9.